The Kier molecular flexibility index (Phi) is 5.44. The summed E-state index contributed by atoms with van der Waals surface area (Å²) in [6.07, 6.45) is 1.43. The molecule has 9 nitrogen and oxygen atoms in total. The summed E-state index contributed by atoms with van der Waals surface area (Å²) >= 11 is 0. The summed E-state index contributed by atoms with van der Waals surface area (Å²) in [6, 6.07) is 8.09. The van der Waals surface area contributed by atoms with Crippen molar-refractivity contribution in [3.8, 4) is 17.2 Å². The minimum absolute atomic E-state index is 0.0384. The van der Waals surface area contributed by atoms with Crippen LogP contribution in [0.2, 0.25) is 0 Å². The SMILES string of the molecule is CCOc1cc2c(cc1/C=C1\NC(=O)N(CC(=O)Nc3ccccc3F)C1=O)OCO2. The van der Waals surface area contributed by atoms with Crippen LogP contribution in [0, 0.1) is 5.82 Å². The number of fused-ring (bicyclic) bond motifs is 1. The number of carbonyl (C=O) groups excluding carboxylic acids is 3. The maximum Gasteiger partial charge on any atom is 0.329 e. The van der Waals surface area contributed by atoms with Crippen molar-refractivity contribution in [2.24, 2.45) is 0 Å². The number of rotatable bonds is 6. The summed E-state index contributed by atoms with van der Waals surface area (Å²) in [5.74, 6) is -0.606. The van der Waals surface area contributed by atoms with E-state index in [0.29, 0.717) is 29.4 Å². The second kappa shape index (κ2) is 8.34. The summed E-state index contributed by atoms with van der Waals surface area (Å²) < 4.78 is 30.0. The molecule has 0 unspecified atom stereocenters. The number of nitrogens with zero attached hydrogens (tertiary/aromatic N) is 1. The molecule has 160 valence electrons. The average Bonchev–Trinajstić information content (AvgIpc) is 3.29. The summed E-state index contributed by atoms with van der Waals surface area (Å²) in [5.41, 5.74) is 0.410. The first kappa shape index (κ1) is 20.2. The Morgan fingerprint density at radius 2 is 2.00 bits per heavy atom. The number of anilines is 1. The van der Waals surface area contributed by atoms with Crippen molar-refractivity contribution in [2.45, 2.75) is 6.92 Å². The van der Waals surface area contributed by atoms with Gasteiger partial charge in [0.15, 0.2) is 11.5 Å². The first-order valence-electron chi connectivity index (χ1n) is 9.41. The lowest BCUT2D eigenvalue weighted by molar-refractivity contribution is -0.127. The van der Waals surface area contributed by atoms with E-state index < -0.39 is 30.2 Å². The molecule has 2 heterocycles. The Labute approximate surface area is 176 Å². The molecule has 4 rings (SSSR count). The molecule has 0 saturated carbocycles. The van der Waals surface area contributed by atoms with Crippen LogP contribution in [0.25, 0.3) is 6.08 Å². The highest BCUT2D eigenvalue weighted by Gasteiger charge is 2.35. The molecule has 0 aliphatic carbocycles. The third kappa shape index (κ3) is 4.13. The first-order valence-corrected chi connectivity index (χ1v) is 9.41. The van der Waals surface area contributed by atoms with Gasteiger partial charge in [0.25, 0.3) is 5.91 Å². The standard InChI is InChI=1S/C21H18FN3O6/c1-2-29-16-9-18-17(30-11-31-18)8-12(16)7-15-20(27)25(21(28)24-15)10-19(26)23-14-6-4-3-5-13(14)22/h3-9H,2,10-11H2,1H3,(H,23,26)(H,24,28)/b15-7-. The van der Waals surface area contributed by atoms with Gasteiger partial charge in [0.2, 0.25) is 12.7 Å². The van der Waals surface area contributed by atoms with Gasteiger partial charge in [-0.1, -0.05) is 12.1 Å². The van der Waals surface area contributed by atoms with E-state index in [-0.39, 0.29) is 18.2 Å². The van der Waals surface area contributed by atoms with E-state index in [2.05, 4.69) is 10.6 Å². The number of carbonyl (C=O) groups is 3. The predicted molar refractivity (Wildman–Crippen MR) is 107 cm³/mol. The van der Waals surface area contributed by atoms with Crippen molar-refractivity contribution < 1.29 is 33.0 Å². The van der Waals surface area contributed by atoms with Gasteiger partial charge in [-0.05, 0) is 31.2 Å². The number of urea groups is 1. The van der Waals surface area contributed by atoms with E-state index >= 15 is 0 Å². The monoisotopic (exact) mass is 427 g/mol. The lowest BCUT2D eigenvalue weighted by Gasteiger charge is -2.12. The second-order valence-electron chi connectivity index (χ2n) is 6.58. The molecule has 0 atom stereocenters. The number of amides is 4. The molecule has 0 spiro atoms. The molecule has 0 radical (unpaired) electrons. The molecule has 2 aliphatic rings. The van der Waals surface area contributed by atoms with Gasteiger partial charge in [-0.15, -0.1) is 0 Å². The van der Waals surface area contributed by atoms with Crippen molar-refractivity contribution in [1.29, 1.82) is 0 Å². The third-order valence-electron chi connectivity index (χ3n) is 4.52. The lowest BCUT2D eigenvalue weighted by Crippen LogP contribution is -2.38. The van der Waals surface area contributed by atoms with Gasteiger partial charge in [0.1, 0.15) is 23.8 Å². The second-order valence-corrected chi connectivity index (χ2v) is 6.58. The molecule has 2 aromatic carbocycles. The first-order chi connectivity index (χ1) is 15.0. The van der Waals surface area contributed by atoms with Gasteiger partial charge in [-0.3, -0.25) is 9.59 Å². The molecule has 0 bridgehead atoms. The Hall–Kier alpha value is -4.08. The number of halogens is 1. The fourth-order valence-electron chi connectivity index (χ4n) is 3.10. The van der Waals surface area contributed by atoms with Crippen LogP contribution in [0.15, 0.2) is 42.1 Å². The molecular formula is C21H18FN3O6. The molecule has 2 aliphatic heterocycles. The average molecular weight is 427 g/mol. The zero-order chi connectivity index (χ0) is 22.0. The van der Waals surface area contributed by atoms with Crippen LogP contribution in [0.4, 0.5) is 14.9 Å². The van der Waals surface area contributed by atoms with Crippen LogP contribution in [-0.2, 0) is 9.59 Å². The van der Waals surface area contributed by atoms with Crippen molar-refractivity contribution in [2.75, 3.05) is 25.3 Å². The van der Waals surface area contributed by atoms with Gasteiger partial charge in [0, 0.05) is 11.6 Å². The van der Waals surface area contributed by atoms with E-state index in [1.165, 1.54) is 24.3 Å². The van der Waals surface area contributed by atoms with Crippen LogP contribution in [-0.4, -0.2) is 42.7 Å². The van der Waals surface area contributed by atoms with Crippen LogP contribution >= 0.6 is 0 Å². The Balaban J connectivity index is 1.52. The number of hydrogen-bond acceptors (Lipinski definition) is 6. The van der Waals surface area contributed by atoms with E-state index in [9.17, 15) is 18.8 Å². The maximum absolute atomic E-state index is 13.7. The molecule has 10 heteroatoms. The highest BCUT2D eigenvalue weighted by atomic mass is 19.1. The zero-order valence-electron chi connectivity index (χ0n) is 16.4. The Morgan fingerprint density at radius 1 is 1.26 bits per heavy atom. The summed E-state index contributed by atoms with van der Waals surface area (Å²) in [6.45, 7) is 1.68. The smallest absolute Gasteiger partial charge is 0.329 e. The van der Waals surface area contributed by atoms with Gasteiger partial charge < -0.3 is 24.8 Å². The van der Waals surface area contributed by atoms with Crippen molar-refractivity contribution in [3.05, 3.63) is 53.5 Å². The minimum Gasteiger partial charge on any atom is -0.493 e. The topological polar surface area (TPSA) is 106 Å². The minimum atomic E-state index is -0.765. The molecule has 0 aromatic heterocycles. The van der Waals surface area contributed by atoms with Crippen LogP contribution < -0.4 is 24.8 Å². The number of benzene rings is 2. The zero-order valence-corrected chi connectivity index (χ0v) is 16.4. The molecule has 1 saturated heterocycles. The fraction of sp³-hybridized carbons (Fsp3) is 0.190. The van der Waals surface area contributed by atoms with Crippen molar-refractivity contribution in [3.63, 3.8) is 0 Å². The molecule has 2 aromatic rings. The van der Waals surface area contributed by atoms with Crippen LogP contribution in [0.5, 0.6) is 17.2 Å². The van der Waals surface area contributed by atoms with Gasteiger partial charge in [-0.25, -0.2) is 14.1 Å². The summed E-state index contributed by atoms with van der Waals surface area (Å²) in [5, 5.41) is 4.78. The van der Waals surface area contributed by atoms with E-state index in [0.717, 1.165) is 4.90 Å². The molecule has 4 amide bonds. The number of para-hydroxylation sites is 1. The van der Waals surface area contributed by atoms with Crippen LogP contribution in [0.3, 0.4) is 0 Å². The third-order valence-corrected chi connectivity index (χ3v) is 4.52. The fourth-order valence-corrected chi connectivity index (χ4v) is 3.10. The number of ether oxygens (including phenoxy) is 3. The highest BCUT2D eigenvalue weighted by molar-refractivity contribution is 6.16. The summed E-state index contributed by atoms with van der Waals surface area (Å²) in [4.78, 5) is 37.9. The normalized spacial score (nSPS) is 15.9. The van der Waals surface area contributed by atoms with E-state index in [4.69, 9.17) is 14.2 Å². The largest absolute Gasteiger partial charge is 0.493 e. The van der Waals surface area contributed by atoms with E-state index in [1.807, 2.05) is 0 Å². The van der Waals surface area contributed by atoms with Crippen molar-refractivity contribution in [1.82, 2.24) is 10.2 Å². The Bertz CT molecular complexity index is 1100. The van der Waals surface area contributed by atoms with Crippen LogP contribution in [0.1, 0.15) is 12.5 Å². The molecule has 2 N–H and O–H groups in total. The van der Waals surface area contributed by atoms with E-state index in [1.54, 1.807) is 25.1 Å². The number of nitrogens with one attached hydrogen (secondary N) is 2. The molecular weight excluding hydrogens is 409 g/mol. The maximum atomic E-state index is 13.7. The number of imide groups is 1. The lowest BCUT2D eigenvalue weighted by atomic mass is 10.1. The molecule has 1 fully saturated rings. The predicted octanol–water partition coefficient (Wildman–Crippen LogP) is 2.48. The quantitative estimate of drug-likeness (QED) is 0.542. The molecule has 31 heavy (non-hydrogen) atoms. The highest BCUT2D eigenvalue weighted by Crippen LogP contribution is 2.39. The van der Waals surface area contributed by atoms with Gasteiger partial charge in [-0.2, -0.15) is 0 Å². The Morgan fingerprint density at radius 3 is 2.74 bits per heavy atom. The van der Waals surface area contributed by atoms with Gasteiger partial charge >= 0.3 is 6.03 Å². The van der Waals surface area contributed by atoms with Crippen molar-refractivity contribution >= 4 is 29.6 Å². The number of hydrogen-bond donors (Lipinski definition) is 2. The summed E-state index contributed by atoms with van der Waals surface area (Å²) in [7, 11) is 0. The van der Waals surface area contributed by atoms with Gasteiger partial charge in [0.05, 0.1) is 12.3 Å².